The number of carbonyl (C=O) groups excluding carboxylic acids is 1. The number of benzene rings is 2. The van der Waals surface area contributed by atoms with Crippen molar-refractivity contribution in [2.24, 2.45) is 0 Å². The van der Waals surface area contributed by atoms with E-state index in [1.165, 1.54) is 4.90 Å². The number of anilines is 1. The second kappa shape index (κ2) is 7.78. The van der Waals surface area contributed by atoms with E-state index in [1.54, 1.807) is 30.2 Å². The van der Waals surface area contributed by atoms with Gasteiger partial charge in [-0.05, 0) is 36.1 Å². The average molecular weight is 401 g/mol. The number of hydrogen-bond acceptors (Lipinski definition) is 7. The Bertz CT molecular complexity index is 950. The molecule has 0 radical (unpaired) electrons. The molecular weight excluding hydrogens is 380 g/mol. The third kappa shape index (κ3) is 3.89. The van der Waals surface area contributed by atoms with E-state index in [1.807, 2.05) is 48.7 Å². The van der Waals surface area contributed by atoms with Crippen molar-refractivity contribution >= 4 is 44.4 Å². The Balaban J connectivity index is 1.32. The summed E-state index contributed by atoms with van der Waals surface area (Å²) in [6.45, 7) is 1.36. The van der Waals surface area contributed by atoms with Crippen molar-refractivity contribution in [1.82, 2.24) is 4.98 Å². The smallest absolute Gasteiger partial charge is 0.310 e. The maximum absolute atomic E-state index is 12.2. The van der Waals surface area contributed by atoms with Crippen LogP contribution in [0.4, 0.5) is 5.13 Å². The van der Waals surface area contributed by atoms with Gasteiger partial charge in [0.2, 0.25) is 0 Å². The van der Waals surface area contributed by atoms with Gasteiger partial charge in [0.25, 0.3) is 0 Å². The lowest BCUT2D eigenvalue weighted by Gasteiger charge is -2.38. The minimum absolute atomic E-state index is 0.0723. The number of hydrogen-bond donors (Lipinski definition) is 0. The minimum Gasteiger partial charge on any atom is -0.494 e. The van der Waals surface area contributed by atoms with Crippen molar-refractivity contribution in [3.05, 3.63) is 48.0 Å². The summed E-state index contributed by atoms with van der Waals surface area (Å²) < 4.78 is 12.1. The number of carbonyl (C=O) groups is 1. The van der Waals surface area contributed by atoms with Gasteiger partial charge in [-0.1, -0.05) is 29.5 Å². The van der Waals surface area contributed by atoms with E-state index >= 15 is 0 Å². The molecular formula is C20H20N2O3S2. The van der Waals surface area contributed by atoms with E-state index in [0.717, 1.165) is 26.7 Å². The molecule has 0 N–H and O–H groups in total. The number of ether oxygens (including phenoxy) is 2. The summed E-state index contributed by atoms with van der Waals surface area (Å²) in [5, 5.41) is 0.939. The molecule has 1 aliphatic heterocycles. The van der Waals surface area contributed by atoms with Crippen molar-refractivity contribution in [3.63, 3.8) is 0 Å². The zero-order chi connectivity index (χ0) is 18.8. The van der Waals surface area contributed by atoms with E-state index in [4.69, 9.17) is 9.47 Å². The summed E-state index contributed by atoms with van der Waals surface area (Å²) in [5.74, 6) is 0.605. The zero-order valence-corrected chi connectivity index (χ0v) is 16.8. The summed E-state index contributed by atoms with van der Waals surface area (Å²) in [6, 6.07) is 13.9. The molecule has 0 spiro atoms. The molecule has 140 valence electrons. The fourth-order valence-electron chi connectivity index (χ4n) is 3.02. The summed E-state index contributed by atoms with van der Waals surface area (Å²) in [7, 11) is 1.65. The molecule has 0 aliphatic carbocycles. The van der Waals surface area contributed by atoms with Crippen LogP contribution in [0.3, 0.4) is 0 Å². The number of para-hydroxylation sites is 1. The summed E-state index contributed by atoms with van der Waals surface area (Å²) >= 11 is 3.32. The van der Waals surface area contributed by atoms with Crippen molar-refractivity contribution in [2.75, 3.05) is 31.4 Å². The maximum Gasteiger partial charge on any atom is 0.310 e. The molecule has 2 heterocycles. The molecule has 0 saturated carbocycles. The lowest BCUT2D eigenvalue weighted by Crippen LogP contribution is -2.53. The lowest BCUT2D eigenvalue weighted by molar-refractivity contribution is -0.149. The normalized spacial score (nSPS) is 14.2. The Morgan fingerprint density at radius 2 is 2.04 bits per heavy atom. The van der Waals surface area contributed by atoms with Crippen LogP contribution in [-0.2, 0) is 16.0 Å². The van der Waals surface area contributed by atoms with Gasteiger partial charge in [0.05, 0.1) is 31.3 Å². The topological polar surface area (TPSA) is 51.7 Å². The number of thioether (sulfide) groups is 1. The van der Waals surface area contributed by atoms with Gasteiger partial charge in [-0.2, -0.15) is 0 Å². The second-order valence-electron chi connectivity index (χ2n) is 6.35. The molecule has 0 atom stereocenters. The van der Waals surface area contributed by atoms with Crippen LogP contribution < -0.4 is 9.64 Å². The van der Waals surface area contributed by atoms with Crippen LogP contribution in [0.5, 0.6) is 5.75 Å². The van der Waals surface area contributed by atoms with Crippen molar-refractivity contribution in [1.29, 1.82) is 0 Å². The molecule has 1 aliphatic rings. The minimum atomic E-state index is -0.178. The maximum atomic E-state index is 12.2. The van der Waals surface area contributed by atoms with Gasteiger partial charge in [0.1, 0.15) is 17.4 Å². The summed E-state index contributed by atoms with van der Waals surface area (Å²) in [5.41, 5.74) is 1.86. The lowest BCUT2D eigenvalue weighted by atomic mass is 10.1. The standard InChI is InChI=1S/C20H20N2O3S2/c1-24-16-4-3-5-17-19(16)21-20(27-17)22-11-14(12-22)25-18(23)10-13-6-8-15(26-2)9-7-13/h3-9,14H,10-12H2,1-2H3. The largest absolute Gasteiger partial charge is 0.494 e. The summed E-state index contributed by atoms with van der Waals surface area (Å²) in [4.78, 5) is 20.2. The number of nitrogens with zero attached hydrogens (tertiary/aromatic N) is 2. The highest BCUT2D eigenvalue weighted by Crippen LogP contribution is 2.35. The van der Waals surface area contributed by atoms with Crippen LogP contribution in [0, 0.1) is 0 Å². The van der Waals surface area contributed by atoms with Gasteiger partial charge in [0, 0.05) is 4.90 Å². The quantitative estimate of drug-likeness (QED) is 0.460. The Kier molecular flexibility index (Phi) is 5.22. The average Bonchev–Trinajstić information content (AvgIpc) is 3.08. The van der Waals surface area contributed by atoms with Gasteiger partial charge >= 0.3 is 5.97 Å². The summed E-state index contributed by atoms with van der Waals surface area (Å²) in [6.07, 6.45) is 2.27. The van der Waals surface area contributed by atoms with E-state index in [9.17, 15) is 4.79 Å². The van der Waals surface area contributed by atoms with Crippen LogP contribution in [0.15, 0.2) is 47.4 Å². The first-order valence-corrected chi connectivity index (χ1v) is 10.7. The Morgan fingerprint density at radius 1 is 1.26 bits per heavy atom. The molecule has 5 nitrogen and oxygen atoms in total. The van der Waals surface area contributed by atoms with Gasteiger partial charge in [-0.15, -0.1) is 11.8 Å². The first-order chi connectivity index (χ1) is 13.2. The number of methoxy groups -OCH3 is 1. The van der Waals surface area contributed by atoms with Crippen molar-refractivity contribution in [2.45, 2.75) is 17.4 Å². The number of thiazole rings is 1. The van der Waals surface area contributed by atoms with Crippen molar-refractivity contribution < 1.29 is 14.3 Å². The highest BCUT2D eigenvalue weighted by Gasteiger charge is 2.32. The third-order valence-electron chi connectivity index (χ3n) is 4.51. The second-order valence-corrected chi connectivity index (χ2v) is 8.23. The Hall–Kier alpha value is -2.25. The highest BCUT2D eigenvalue weighted by molar-refractivity contribution is 7.98. The molecule has 27 heavy (non-hydrogen) atoms. The van der Waals surface area contributed by atoms with Crippen LogP contribution in [-0.4, -0.2) is 43.5 Å². The predicted molar refractivity (Wildman–Crippen MR) is 110 cm³/mol. The zero-order valence-electron chi connectivity index (χ0n) is 15.2. The first kappa shape index (κ1) is 18.1. The van der Waals surface area contributed by atoms with Gasteiger partial charge < -0.3 is 14.4 Å². The molecule has 0 bridgehead atoms. The van der Waals surface area contributed by atoms with E-state index in [2.05, 4.69) is 9.88 Å². The monoisotopic (exact) mass is 400 g/mol. The molecule has 3 aromatic rings. The molecule has 0 amide bonds. The van der Waals surface area contributed by atoms with Crippen LogP contribution in [0.1, 0.15) is 5.56 Å². The predicted octanol–water partition coefficient (Wildman–Crippen LogP) is 4.00. The molecule has 1 aromatic heterocycles. The third-order valence-corrected chi connectivity index (χ3v) is 6.34. The molecule has 0 unspecified atom stereocenters. The van der Waals surface area contributed by atoms with E-state index in [0.29, 0.717) is 19.5 Å². The van der Waals surface area contributed by atoms with E-state index < -0.39 is 0 Å². The van der Waals surface area contributed by atoms with Gasteiger partial charge in [-0.25, -0.2) is 4.98 Å². The molecule has 1 fully saturated rings. The highest BCUT2D eigenvalue weighted by atomic mass is 32.2. The SMILES string of the molecule is COc1cccc2sc(N3CC(OC(=O)Cc4ccc(SC)cc4)C3)nc12. The fourth-order valence-corrected chi connectivity index (χ4v) is 4.43. The van der Waals surface area contributed by atoms with E-state index in [-0.39, 0.29) is 12.1 Å². The Labute approximate surface area is 166 Å². The number of aromatic nitrogens is 1. The Morgan fingerprint density at radius 3 is 2.74 bits per heavy atom. The molecule has 2 aromatic carbocycles. The van der Waals surface area contributed by atoms with Crippen LogP contribution in [0.2, 0.25) is 0 Å². The first-order valence-electron chi connectivity index (χ1n) is 8.67. The van der Waals surface area contributed by atoms with Crippen molar-refractivity contribution in [3.8, 4) is 5.75 Å². The van der Waals surface area contributed by atoms with Gasteiger partial charge in [-0.3, -0.25) is 4.79 Å². The fraction of sp³-hybridized carbons (Fsp3) is 0.300. The van der Waals surface area contributed by atoms with Crippen LogP contribution in [0.25, 0.3) is 10.2 Å². The van der Waals surface area contributed by atoms with Gasteiger partial charge in [0.15, 0.2) is 5.13 Å². The number of fused-ring (bicyclic) bond motifs is 1. The number of rotatable bonds is 6. The molecule has 1 saturated heterocycles. The number of esters is 1. The molecule has 7 heteroatoms. The molecule has 4 rings (SSSR count). The van der Waals surface area contributed by atoms with Crippen LogP contribution >= 0.6 is 23.1 Å².